The first-order chi connectivity index (χ1) is 8.47. The Morgan fingerprint density at radius 2 is 2.11 bits per heavy atom. The predicted octanol–water partition coefficient (Wildman–Crippen LogP) is 3.24. The molecule has 4 heteroatoms. The van der Waals surface area contributed by atoms with Crippen LogP contribution in [0.2, 0.25) is 0 Å². The van der Waals surface area contributed by atoms with Crippen molar-refractivity contribution in [2.75, 3.05) is 5.33 Å². The summed E-state index contributed by atoms with van der Waals surface area (Å²) in [6.07, 6.45) is 0.890. The maximum Gasteiger partial charge on any atom is 0.251 e. The molecule has 0 fully saturated rings. The van der Waals surface area contributed by atoms with Crippen molar-refractivity contribution in [2.45, 2.75) is 33.2 Å². The highest BCUT2D eigenvalue weighted by molar-refractivity contribution is 9.09. The second-order valence-electron chi connectivity index (χ2n) is 4.75. The molecule has 3 nitrogen and oxygen atoms in total. The number of carbonyl (C=O) groups excluding carboxylic acids is 1. The Hall–Kier alpha value is -1.03. The molecule has 1 unspecified atom stereocenters. The van der Waals surface area contributed by atoms with Crippen LogP contribution in [-0.4, -0.2) is 22.4 Å². The summed E-state index contributed by atoms with van der Waals surface area (Å²) in [6.45, 7) is 5.92. The summed E-state index contributed by atoms with van der Waals surface area (Å²) in [4.78, 5) is 12.2. The number of rotatable bonds is 5. The van der Waals surface area contributed by atoms with Gasteiger partial charge in [0.1, 0.15) is 5.75 Å². The van der Waals surface area contributed by atoms with Gasteiger partial charge < -0.3 is 10.4 Å². The fourth-order valence-corrected chi connectivity index (χ4v) is 2.30. The monoisotopic (exact) mass is 313 g/mol. The zero-order valence-corrected chi connectivity index (χ0v) is 12.6. The lowest BCUT2D eigenvalue weighted by Gasteiger charge is -2.22. The van der Waals surface area contributed by atoms with Gasteiger partial charge in [-0.05, 0) is 31.4 Å². The quantitative estimate of drug-likeness (QED) is 0.820. The third-order valence-corrected chi connectivity index (χ3v) is 3.55. The number of hydrogen-bond acceptors (Lipinski definition) is 2. The smallest absolute Gasteiger partial charge is 0.251 e. The van der Waals surface area contributed by atoms with Gasteiger partial charge in [0.05, 0.1) is 0 Å². The predicted molar refractivity (Wildman–Crippen MR) is 77.3 cm³/mol. The van der Waals surface area contributed by atoms with Crippen LogP contribution in [0.5, 0.6) is 5.75 Å². The molecule has 0 bridgehead atoms. The van der Waals surface area contributed by atoms with Crippen LogP contribution < -0.4 is 5.32 Å². The molecule has 1 atom stereocenters. The number of amides is 1. The molecule has 1 rings (SSSR count). The lowest BCUT2D eigenvalue weighted by atomic mass is 10.0. The van der Waals surface area contributed by atoms with E-state index < -0.39 is 0 Å². The summed E-state index contributed by atoms with van der Waals surface area (Å²) in [7, 11) is 0. The van der Waals surface area contributed by atoms with Gasteiger partial charge in [-0.3, -0.25) is 4.79 Å². The van der Waals surface area contributed by atoms with Crippen molar-refractivity contribution in [2.24, 2.45) is 5.92 Å². The summed E-state index contributed by atoms with van der Waals surface area (Å²) in [5, 5.41) is 13.5. The number of phenolic OH excluding ortho intramolecular Hbond substituents is 1. The second-order valence-corrected chi connectivity index (χ2v) is 5.54. The fourth-order valence-electron chi connectivity index (χ4n) is 1.81. The van der Waals surface area contributed by atoms with Crippen molar-refractivity contribution >= 4 is 21.8 Å². The van der Waals surface area contributed by atoms with Gasteiger partial charge in [-0.2, -0.15) is 0 Å². The van der Waals surface area contributed by atoms with E-state index in [1.807, 2.05) is 0 Å². The lowest BCUT2D eigenvalue weighted by molar-refractivity contribution is 0.0924. The number of aromatic hydroxyl groups is 1. The third kappa shape index (κ3) is 3.73. The van der Waals surface area contributed by atoms with Gasteiger partial charge in [0.25, 0.3) is 5.91 Å². The number of halogens is 1. The summed E-state index contributed by atoms with van der Waals surface area (Å²) >= 11 is 3.40. The maximum absolute atomic E-state index is 12.2. The molecule has 100 valence electrons. The average Bonchev–Trinajstić information content (AvgIpc) is 2.31. The third-order valence-electron chi connectivity index (χ3n) is 3.09. The second kappa shape index (κ2) is 6.78. The molecule has 0 aliphatic rings. The van der Waals surface area contributed by atoms with Crippen LogP contribution in [0.25, 0.3) is 0 Å². The van der Waals surface area contributed by atoms with Gasteiger partial charge in [-0.1, -0.05) is 35.8 Å². The molecule has 1 aromatic carbocycles. The number of benzene rings is 1. The molecular formula is C14H20BrNO2. The summed E-state index contributed by atoms with van der Waals surface area (Å²) in [6, 6.07) is 5.14. The first-order valence-corrected chi connectivity index (χ1v) is 7.25. The SMILES string of the molecule is Cc1c(O)cccc1C(=O)NC(CCBr)C(C)C. The number of nitrogens with one attached hydrogen (secondary N) is 1. The number of alkyl halides is 1. The summed E-state index contributed by atoms with van der Waals surface area (Å²) in [5.41, 5.74) is 1.16. The van der Waals surface area contributed by atoms with Crippen LogP contribution in [0, 0.1) is 12.8 Å². The Morgan fingerprint density at radius 1 is 1.44 bits per heavy atom. The topological polar surface area (TPSA) is 49.3 Å². The molecule has 0 aliphatic carbocycles. The van der Waals surface area contributed by atoms with Crippen LogP contribution in [0.1, 0.15) is 36.2 Å². The number of hydrogen-bond donors (Lipinski definition) is 2. The zero-order chi connectivity index (χ0) is 13.7. The standard InChI is InChI=1S/C14H20BrNO2/c1-9(2)12(7-8-15)16-14(18)11-5-4-6-13(17)10(11)3/h4-6,9,12,17H,7-8H2,1-3H3,(H,16,18). The van der Waals surface area contributed by atoms with Gasteiger partial charge in [-0.15, -0.1) is 0 Å². The highest BCUT2D eigenvalue weighted by Crippen LogP contribution is 2.20. The Labute approximate surface area is 117 Å². The zero-order valence-electron chi connectivity index (χ0n) is 11.0. The number of carbonyl (C=O) groups is 1. The summed E-state index contributed by atoms with van der Waals surface area (Å²) < 4.78 is 0. The van der Waals surface area contributed by atoms with Gasteiger partial charge in [0, 0.05) is 22.5 Å². The van der Waals surface area contributed by atoms with Gasteiger partial charge >= 0.3 is 0 Å². The van der Waals surface area contributed by atoms with E-state index in [1.54, 1.807) is 25.1 Å². The molecule has 2 N–H and O–H groups in total. The molecule has 1 amide bonds. The molecule has 0 saturated carbocycles. The molecule has 18 heavy (non-hydrogen) atoms. The lowest BCUT2D eigenvalue weighted by Crippen LogP contribution is -2.39. The van der Waals surface area contributed by atoms with E-state index in [2.05, 4.69) is 35.1 Å². The highest BCUT2D eigenvalue weighted by atomic mass is 79.9. The molecule has 0 radical (unpaired) electrons. The minimum absolute atomic E-state index is 0.122. The van der Waals surface area contributed by atoms with Crippen molar-refractivity contribution in [1.29, 1.82) is 0 Å². The van der Waals surface area contributed by atoms with Crippen molar-refractivity contribution in [1.82, 2.24) is 5.32 Å². The molecule has 0 aliphatic heterocycles. The van der Waals surface area contributed by atoms with Crippen molar-refractivity contribution in [3.8, 4) is 5.75 Å². The molecule has 0 aromatic heterocycles. The van der Waals surface area contributed by atoms with Crippen LogP contribution in [0.3, 0.4) is 0 Å². The Morgan fingerprint density at radius 3 is 2.67 bits per heavy atom. The van der Waals surface area contributed by atoms with Gasteiger partial charge in [0.15, 0.2) is 0 Å². The highest BCUT2D eigenvalue weighted by Gasteiger charge is 2.18. The average molecular weight is 314 g/mol. The molecule has 1 aromatic rings. The first-order valence-electron chi connectivity index (χ1n) is 6.12. The van der Waals surface area contributed by atoms with Crippen molar-refractivity contribution in [3.05, 3.63) is 29.3 Å². The van der Waals surface area contributed by atoms with Crippen molar-refractivity contribution < 1.29 is 9.90 Å². The summed E-state index contributed by atoms with van der Waals surface area (Å²) in [5.74, 6) is 0.413. The fraction of sp³-hybridized carbons (Fsp3) is 0.500. The van der Waals surface area contributed by atoms with E-state index >= 15 is 0 Å². The number of phenols is 1. The Kier molecular flexibility index (Phi) is 5.66. The maximum atomic E-state index is 12.2. The molecular weight excluding hydrogens is 294 g/mol. The Bertz CT molecular complexity index is 418. The van der Waals surface area contributed by atoms with E-state index in [-0.39, 0.29) is 17.7 Å². The Balaban J connectivity index is 2.84. The minimum Gasteiger partial charge on any atom is -0.508 e. The van der Waals surface area contributed by atoms with Crippen LogP contribution >= 0.6 is 15.9 Å². The van der Waals surface area contributed by atoms with Crippen molar-refractivity contribution in [3.63, 3.8) is 0 Å². The van der Waals surface area contributed by atoms with Crippen LogP contribution in [0.4, 0.5) is 0 Å². The normalized spacial score (nSPS) is 12.5. The van der Waals surface area contributed by atoms with Crippen LogP contribution in [-0.2, 0) is 0 Å². The van der Waals surface area contributed by atoms with Gasteiger partial charge in [-0.25, -0.2) is 0 Å². The van der Waals surface area contributed by atoms with E-state index in [9.17, 15) is 9.90 Å². The van der Waals surface area contributed by atoms with E-state index in [1.165, 1.54) is 0 Å². The minimum atomic E-state index is -0.122. The molecule has 0 spiro atoms. The largest absolute Gasteiger partial charge is 0.508 e. The van der Waals surface area contributed by atoms with E-state index in [0.29, 0.717) is 17.0 Å². The van der Waals surface area contributed by atoms with Crippen LogP contribution in [0.15, 0.2) is 18.2 Å². The van der Waals surface area contributed by atoms with E-state index in [4.69, 9.17) is 0 Å². The molecule has 0 saturated heterocycles. The first kappa shape index (κ1) is 15.0. The van der Waals surface area contributed by atoms with E-state index in [0.717, 1.165) is 11.8 Å². The van der Waals surface area contributed by atoms with Gasteiger partial charge in [0.2, 0.25) is 0 Å². The molecule has 0 heterocycles.